The van der Waals surface area contributed by atoms with Crippen LogP contribution in [-0.4, -0.2) is 32.0 Å². The van der Waals surface area contributed by atoms with Gasteiger partial charge < -0.3 is 10.2 Å². The molecule has 1 N–H and O–H groups in total. The fourth-order valence-corrected chi connectivity index (χ4v) is 1.43. The molecule has 1 unspecified atom stereocenters. The summed E-state index contributed by atoms with van der Waals surface area (Å²) in [4.78, 5) is 12.3. The number of nitrogens with one attached hydrogen (secondary N) is 1. The van der Waals surface area contributed by atoms with Crippen LogP contribution in [0.2, 0.25) is 0 Å². The van der Waals surface area contributed by atoms with Gasteiger partial charge in [0.05, 0.1) is 6.04 Å². The Kier molecular flexibility index (Phi) is 4.13. The maximum atomic E-state index is 10.2. The monoisotopic (exact) mass is 192 g/mol. The lowest BCUT2D eigenvalue weighted by Crippen LogP contribution is -2.30. The Hall–Kier alpha value is -1.35. The lowest BCUT2D eigenvalue weighted by Gasteiger charge is -2.24. The Labute approximate surface area is 84.7 Å². The molecule has 0 saturated heterocycles. The summed E-state index contributed by atoms with van der Waals surface area (Å²) in [7, 11) is 4.01. The first-order valence-electron chi connectivity index (χ1n) is 4.64. The van der Waals surface area contributed by atoms with Crippen molar-refractivity contribution in [3.8, 4) is 0 Å². The molecule has 1 aromatic carbocycles. The van der Waals surface area contributed by atoms with Gasteiger partial charge in [0.2, 0.25) is 6.41 Å². The first kappa shape index (κ1) is 10.7. The summed E-state index contributed by atoms with van der Waals surface area (Å²) in [6.07, 6.45) is 0.736. The van der Waals surface area contributed by atoms with Crippen LogP contribution in [0, 0.1) is 0 Å². The van der Waals surface area contributed by atoms with Crippen LogP contribution in [0.4, 0.5) is 0 Å². The van der Waals surface area contributed by atoms with Crippen molar-refractivity contribution in [3.05, 3.63) is 35.9 Å². The standard InChI is InChI=1S/C11H16N2O/c1-13(2)11(8-12-9-14)10-6-4-3-5-7-10/h3-7,9,11H,8H2,1-2H3,(H,12,14). The van der Waals surface area contributed by atoms with Gasteiger partial charge in [0.15, 0.2) is 0 Å². The maximum absolute atomic E-state index is 10.2. The van der Waals surface area contributed by atoms with E-state index in [0.29, 0.717) is 6.54 Å². The zero-order valence-corrected chi connectivity index (χ0v) is 8.60. The molecule has 0 fully saturated rings. The topological polar surface area (TPSA) is 32.3 Å². The first-order chi connectivity index (χ1) is 6.75. The molecule has 1 aromatic rings. The van der Waals surface area contributed by atoms with Gasteiger partial charge in [0.25, 0.3) is 0 Å². The molecule has 0 saturated carbocycles. The van der Waals surface area contributed by atoms with Crippen molar-refractivity contribution in [2.45, 2.75) is 6.04 Å². The van der Waals surface area contributed by atoms with Crippen molar-refractivity contribution in [2.75, 3.05) is 20.6 Å². The third kappa shape index (κ3) is 2.85. The van der Waals surface area contributed by atoms with Crippen LogP contribution in [0.5, 0.6) is 0 Å². The van der Waals surface area contributed by atoms with E-state index in [4.69, 9.17) is 0 Å². The number of carbonyl (C=O) groups is 1. The molecule has 0 aromatic heterocycles. The van der Waals surface area contributed by atoms with Gasteiger partial charge in [-0.05, 0) is 19.7 Å². The fourth-order valence-electron chi connectivity index (χ4n) is 1.43. The minimum absolute atomic E-state index is 0.237. The van der Waals surface area contributed by atoms with E-state index in [-0.39, 0.29) is 6.04 Å². The summed E-state index contributed by atoms with van der Waals surface area (Å²) < 4.78 is 0. The zero-order valence-electron chi connectivity index (χ0n) is 8.60. The van der Waals surface area contributed by atoms with Crippen molar-refractivity contribution in [2.24, 2.45) is 0 Å². The van der Waals surface area contributed by atoms with Gasteiger partial charge in [-0.25, -0.2) is 0 Å². The van der Waals surface area contributed by atoms with Crippen LogP contribution in [0.25, 0.3) is 0 Å². The highest BCUT2D eigenvalue weighted by Gasteiger charge is 2.12. The molecular formula is C11H16N2O. The molecule has 0 aliphatic carbocycles. The van der Waals surface area contributed by atoms with Gasteiger partial charge in [-0.2, -0.15) is 0 Å². The second-order valence-electron chi connectivity index (χ2n) is 3.42. The Balaban J connectivity index is 2.72. The molecule has 3 heteroatoms. The second-order valence-corrected chi connectivity index (χ2v) is 3.42. The van der Waals surface area contributed by atoms with Gasteiger partial charge in [0, 0.05) is 6.54 Å². The molecule has 76 valence electrons. The van der Waals surface area contributed by atoms with Crippen LogP contribution in [0.15, 0.2) is 30.3 Å². The Bertz CT molecular complexity index is 272. The number of carbonyl (C=O) groups excluding carboxylic acids is 1. The van der Waals surface area contributed by atoms with Crippen molar-refractivity contribution in [1.29, 1.82) is 0 Å². The van der Waals surface area contributed by atoms with Gasteiger partial charge >= 0.3 is 0 Å². The number of amides is 1. The molecule has 1 amide bonds. The number of hydrogen-bond donors (Lipinski definition) is 1. The van der Waals surface area contributed by atoms with E-state index in [1.165, 1.54) is 5.56 Å². The number of nitrogens with zero attached hydrogens (tertiary/aromatic N) is 1. The Morgan fingerprint density at radius 2 is 2.00 bits per heavy atom. The number of likely N-dealkylation sites (N-methyl/N-ethyl adjacent to an activating group) is 1. The second kappa shape index (κ2) is 5.40. The molecule has 1 rings (SSSR count). The highest BCUT2D eigenvalue weighted by atomic mass is 16.1. The predicted molar refractivity (Wildman–Crippen MR) is 56.9 cm³/mol. The minimum Gasteiger partial charge on any atom is -0.357 e. The number of rotatable bonds is 5. The van der Waals surface area contributed by atoms with Gasteiger partial charge in [0.1, 0.15) is 0 Å². The van der Waals surface area contributed by atoms with Crippen LogP contribution in [0.3, 0.4) is 0 Å². The maximum Gasteiger partial charge on any atom is 0.207 e. The third-order valence-electron chi connectivity index (χ3n) is 2.20. The van der Waals surface area contributed by atoms with Crippen LogP contribution < -0.4 is 5.32 Å². The molecule has 0 aliphatic heterocycles. The van der Waals surface area contributed by atoms with Crippen molar-refractivity contribution in [1.82, 2.24) is 10.2 Å². The Morgan fingerprint density at radius 3 is 2.50 bits per heavy atom. The average molecular weight is 192 g/mol. The summed E-state index contributed by atoms with van der Waals surface area (Å²) in [5.41, 5.74) is 1.21. The summed E-state index contributed by atoms with van der Waals surface area (Å²) in [5, 5.41) is 2.71. The molecule has 14 heavy (non-hydrogen) atoms. The lowest BCUT2D eigenvalue weighted by molar-refractivity contribution is -0.109. The normalized spacial score (nSPS) is 12.5. The quantitative estimate of drug-likeness (QED) is 0.707. The highest BCUT2D eigenvalue weighted by molar-refractivity contribution is 5.46. The van der Waals surface area contributed by atoms with Crippen LogP contribution >= 0.6 is 0 Å². The van der Waals surface area contributed by atoms with E-state index in [2.05, 4.69) is 22.3 Å². The van der Waals surface area contributed by atoms with Crippen molar-refractivity contribution < 1.29 is 4.79 Å². The van der Waals surface area contributed by atoms with Crippen LogP contribution in [0.1, 0.15) is 11.6 Å². The molecule has 0 radical (unpaired) electrons. The predicted octanol–water partition coefficient (Wildman–Crippen LogP) is 1.04. The molecular weight excluding hydrogens is 176 g/mol. The lowest BCUT2D eigenvalue weighted by atomic mass is 10.1. The molecule has 3 nitrogen and oxygen atoms in total. The first-order valence-corrected chi connectivity index (χ1v) is 4.64. The highest BCUT2D eigenvalue weighted by Crippen LogP contribution is 2.16. The van der Waals surface area contributed by atoms with E-state index < -0.39 is 0 Å². The summed E-state index contributed by atoms with van der Waals surface area (Å²) >= 11 is 0. The Morgan fingerprint density at radius 1 is 1.36 bits per heavy atom. The third-order valence-corrected chi connectivity index (χ3v) is 2.20. The van der Waals surface area contributed by atoms with Crippen molar-refractivity contribution >= 4 is 6.41 Å². The summed E-state index contributed by atoms with van der Waals surface area (Å²) in [6.45, 7) is 0.639. The van der Waals surface area contributed by atoms with E-state index in [1.807, 2.05) is 32.3 Å². The summed E-state index contributed by atoms with van der Waals surface area (Å²) in [5.74, 6) is 0. The van der Waals surface area contributed by atoms with Gasteiger partial charge in [-0.3, -0.25) is 4.79 Å². The number of benzene rings is 1. The minimum atomic E-state index is 0.237. The molecule has 0 spiro atoms. The van der Waals surface area contributed by atoms with Crippen LogP contribution in [-0.2, 0) is 4.79 Å². The molecule has 0 aliphatic rings. The van der Waals surface area contributed by atoms with Gasteiger partial charge in [-0.1, -0.05) is 30.3 Å². The fraction of sp³-hybridized carbons (Fsp3) is 0.364. The van der Waals surface area contributed by atoms with Gasteiger partial charge in [-0.15, -0.1) is 0 Å². The van der Waals surface area contributed by atoms with E-state index in [0.717, 1.165) is 6.41 Å². The largest absolute Gasteiger partial charge is 0.357 e. The van der Waals surface area contributed by atoms with E-state index >= 15 is 0 Å². The SMILES string of the molecule is CN(C)C(CNC=O)c1ccccc1. The smallest absolute Gasteiger partial charge is 0.207 e. The number of hydrogen-bond acceptors (Lipinski definition) is 2. The summed E-state index contributed by atoms with van der Waals surface area (Å²) in [6, 6.07) is 10.4. The molecule has 0 heterocycles. The average Bonchev–Trinajstić information content (AvgIpc) is 2.19. The van der Waals surface area contributed by atoms with E-state index in [1.54, 1.807) is 0 Å². The zero-order chi connectivity index (χ0) is 10.4. The van der Waals surface area contributed by atoms with Crippen molar-refractivity contribution in [3.63, 3.8) is 0 Å². The molecule has 1 atom stereocenters. The van der Waals surface area contributed by atoms with E-state index in [9.17, 15) is 4.79 Å². The molecule has 0 bridgehead atoms.